The minimum absolute atomic E-state index is 0.0120. The van der Waals surface area contributed by atoms with Crippen LogP contribution in [0.5, 0.6) is 0 Å². The Morgan fingerprint density at radius 2 is 2.33 bits per heavy atom. The van der Waals surface area contributed by atoms with E-state index in [4.69, 9.17) is 0 Å². The van der Waals surface area contributed by atoms with E-state index in [0.717, 1.165) is 18.4 Å². The summed E-state index contributed by atoms with van der Waals surface area (Å²) in [5, 5.41) is 0. The molecule has 0 bridgehead atoms. The van der Waals surface area contributed by atoms with Gasteiger partial charge in [-0.05, 0) is 37.5 Å². The van der Waals surface area contributed by atoms with Gasteiger partial charge in [0, 0.05) is 11.5 Å². The van der Waals surface area contributed by atoms with Crippen LogP contribution >= 0.6 is 0 Å². The summed E-state index contributed by atoms with van der Waals surface area (Å²) < 4.78 is 12.9. The molecule has 1 aliphatic carbocycles. The first-order chi connectivity index (χ1) is 7.22. The molecule has 2 heteroatoms. The second-order valence-corrected chi connectivity index (χ2v) is 3.87. The van der Waals surface area contributed by atoms with Gasteiger partial charge in [0.2, 0.25) is 0 Å². The molecule has 0 amide bonds. The van der Waals surface area contributed by atoms with Crippen LogP contribution < -0.4 is 0 Å². The summed E-state index contributed by atoms with van der Waals surface area (Å²) in [4.78, 5) is 11.9. The Morgan fingerprint density at radius 1 is 1.53 bits per heavy atom. The Labute approximate surface area is 88.6 Å². The van der Waals surface area contributed by atoms with Gasteiger partial charge in [-0.25, -0.2) is 4.39 Å². The monoisotopic (exact) mass is 204 g/mol. The van der Waals surface area contributed by atoms with Crippen LogP contribution in [0.2, 0.25) is 0 Å². The summed E-state index contributed by atoms with van der Waals surface area (Å²) in [6.45, 7) is 1.94. The molecule has 1 aromatic rings. The van der Waals surface area contributed by atoms with Gasteiger partial charge in [-0.1, -0.05) is 18.2 Å². The number of hydrogen-bond donors (Lipinski definition) is 0. The van der Waals surface area contributed by atoms with Crippen LogP contribution in [-0.2, 0) is 6.42 Å². The van der Waals surface area contributed by atoms with Gasteiger partial charge < -0.3 is 0 Å². The molecule has 1 atom stereocenters. The van der Waals surface area contributed by atoms with Crippen molar-refractivity contribution in [2.75, 3.05) is 0 Å². The molecule has 2 rings (SSSR count). The van der Waals surface area contributed by atoms with Gasteiger partial charge in [-0.3, -0.25) is 4.79 Å². The summed E-state index contributed by atoms with van der Waals surface area (Å²) in [6.07, 6.45) is 5.44. The van der Waals surface area contributed by atoms with E-state index in [1.807, 2.05) is 19.1 Å². The van der Waals surface area contributed by atoms with E-state index in [2.05, 4.69) is 0 Å². The first-order valence-electron chi connectivity index (χ1n) is 5.16. The molecular weight excluding hydrogens is 191 g/mol. The second kappa shape index (κ2) is 3.97. The van der Waals surface area contributed by atoms with Crippen molar-refractivity contribution in [3.05, 3.63) is 47.3 Å². The fourth-order valence-electron chi connectivity index (χ4n) is 2.02. The molecule has 0 saturated heterocycles. The Morgan fingerprint density at radius 3 is 3.07 bits per heavy atom. The van der Waals surface area contributed by atoms with Crippen LogP contribution in [0.1, 0.15) is 29.3 Å². The van der Waals surface area contributed by atoms with E-state index in [1.165, 1.54) is 12.1 Å². The number of Topliss-reactive ketones (excluding diaryl/α,β-unsaturated/α-hetero) is 1. The highest BCUT2D eigenvalue weighted by Gasteiger charge is 2.29. The van der Waals surface area contributed by atoms with E-state index in [9.17, 15) is 9.18 Å². The number of carbonyl (C=O) groups excluding carboxylic acids is 1. The Kier molecular flexibility index (Phi) is 2.67. The third-order valence-corrected chi connectivity index (χ3v) is 2.83. The van der Waals surface area contributed by atoms with Crippen molar-refractivity contribution in [3.8, 4) is 0 Å². The van der Waals surface area contributed by atoms with Gasteiger partial charge in [0.15, 0.2) is 5.78 Å². The van der Waals surface area contributed by atoms with Crippen LogP contribution in [0.15, 0.2) is 30.4 Å². The van der Waals surface area contributed by atoms with Crippen molar-refractivity contribution in [2.45, 2.75) is 19.8 Å². The lowest BCUT2D eigenvalue weighted by atomic mass is 10.0. The fourth-order valence-corrected chi connectivity index (χ4v) is 2.02. The first kappa shape index (κ1) is 10.1. The maximum atomic E-state index is 12.9. The topological polar surface area (TPSA) is 17.1 Å². The van der Waals surface area contributed by atoms with Crippen molar-refractivity contribution >= 4 is 5.78 Å². The molecule has 0 heterocycles. The van der Waals surface area contributed by atoms with Crippen molar-refractivity contribution < 1.29 is 9.18 Å². The van der Waals surface area contributed by atoms with Gasteiger partial charge in [-0.2, -0.15) is 0 Å². The van der Waals surface area contributed by atoms with E-state index in [-0.39, 0.29) is 17.5 Å². The lowest BCUT2D eigenvalue weighted by Gasteiger charge is -2.01. The zero-order chi connectivity index (χ0) is 10.8. The quantitative estimate of drug-likeness (QED) is 0.676. The second-order valence-electron chi connectivity index (χ2n) is 3.87. The zero-order valence-electron chi connectivity index (χ0n) is 8.66. The van der Waals surface area contributed by atoms with Crippen LogP contribution in [-0.4, -0.2) is 5.78 Å². The average molecular weight is 204 g/mol. The molecule has 1 nitrogen and oxygen atoms in total. The Bertz CT molecular complexity index is 421. The Balaban J connectivity index is 2.25. The van der Waals surface area contributed by atoms with E-state index < -0.39 is 0 Å². The number of carbonyl (C=O) groups is 1. The predicted molar refractivity (Wildman–Crippen MR) is 57.4 cm³/mol. The molecule has 1 unspecified atom stereocenters. The van der Waals surface area contributed by atoms with Crippen LogP contribution in [0.25, 0.3) is 0 Å². The number of halogens is 1. The van der Waals surface area contributed by atoms with E-state index >= 15 is 0 Å². The molecule has 0 fully saturated rings. The molecular formula is C13H13FO. The van der Waals surface area contributed by atoms with Gasteiger partial charge in [-0.15, -0.1) is 0 Å². The Hall–Kier alpha value is -1.44. The molecule has 1 aliphatic rings. The largest absolute Gasteiger partial charge is 0.294 e. The molecule has 0 radical (unpaired) electrons. The standard InChI is InChI=1S/C13H13FO/c1-2-3-4-10-7-9-5-6-11(14)8-12(9)13(10)15/h2-3,5-6,8,10H,4,7H2,1H3. The van der Waals surface area contributed by atoms with Crippen molar-refractivity contribution in [1.29, 1.82) is 0 Å². The SMILES string of the molecule is CC=CCC1Cc2ccc(F)cc2C1=O. The van der Waals surface area contributed by atoms with Crippen molar-refractivity contribution in [2.24, 2.45) is 5.92 Å². The molecule has 0 aromatic heterocycles. The van der Waals surface area contributed by atoms with Gasteiger partial charge >= 0.3 is 0 Å². The average Bonchev–Trinajstić information content (AvgIpc) is 2.53. The maximum Gasteiger partial charge on any atom is 0.166 e. The van der Waals surface area contributed by atoms with Crippen LogP contribution in [0.4, 0.5) is 4.39 Å². The maximum absolute atomic E-state index is 12.9. The lowest BCUT2D eigenvalue weighted by molar-refractivity contribution is 0.0937. The van der Waals surface area contributed by atoms with E-state index in [0.29, 0.717) is 5.56 Å². The lowest BCUT2D eigenvalue weighted by Crippen LogP contribution is -2.07. The molecule has 0 N–H and O–H groups in total. The summed E-state index contributed by atoms with van der Waals surface area (Å²) >= 11 is 0. The van der Waals surface area contributed by atoms with Crippen LogP contribution in [0, 0.1) is 11.7 Å². The highest BCUT2D eigenvalue weighted by Crippen LogP contribution is 2.29. The molecule has 0 aliphatic heterocycles. The smallest absolute Gasteiger partial charge is 0.166 e. The highest BCUT2D eigenvalue weighted by atomic mass is 19.1. The summed E-state index contributed by atoms with van der Waals surface area (Å²) in [7, 11) is 0. The number of hydrogen-bond acceptors (Lipinski definition) is 1. The molecule has 15 heavy (non-hydrogen) atoms. The van der Waals surface area contributed by atoms with Gasteiger partial charge in [0.1, 0.15) is 5.82 Å². The molecule has 1 aromatic carbocycles. The van der Waals surface area contributed by atoms with Crippen molar-refractivity contribution in [1.82, 2.24) is 0 Å². The van der Waals surface area contributed by atoms with E-state index in [1.54, 1.807) is 6.07 Å². The summed E-state index contributed by atoms with van der Waals surface area (Å²) in [5.41, 5.74) is 1.56. The number of benzene rings is 1. The zero-order valence-corrected chi connectivity index (χ0v) is 8.66. The fraction of sp³-hybridized carbons (Fsp3) is 0.308. The number of fused-ring (bicyclic) bond motifs is 1. The third-order valence-electron chi connectivity index (χ3n) is 2.83. The summed E-state index contributed by atoms with van der Waals surface area (Å²) in [5.74, 6) is -0.227. The summed E-state index contributed by atoms with van der Waals surface area (Å²) in [6, 6.07) is 4.50. The number of ketones is 1. The van der Waals surface area contributed by atoms with Crippen LogP contribution in [0.3, 0.4) is 0 Å². The molecule has 78 valence electrons. The molecule has 0 saturated carbocycles. The normalized spacial score (nSPS) is 19.9. The highest BCUT2D eigenvalue weighted by molar-refractivity contribution is 6.02. The minimum atomic E-state index is -0.325. The first-order valence-corrected chi connectivity index (χ1v) is 5.16. The predicted octanol–water partition coefficient (Wildman–Crippen LogP) is 3.15. The minimum Gasteiger partial charge on any atom is -0.294 e. The number of allylic oxidation sites excluding steroid dienone is 2. The van der Waals surface area contributed by atoms with Crippen molar-refractivity contribution in [3.63, 3.8) is 0 Å². The third kappa shape index (κ3) is 1.84. The molecule has 0 spiro atoms. The van der Waals surface area contributed by atoms with Gasteiger partial charge in [0.25, 0.3) is 0 Å². The number of rotatable bonds is 2. The van der Waals surface area contributed by atoms with Gasteiger partial charge in [0.05, 0.1) is 0 Å².